The molecule has 1 aliphatic carbocycles. The standard InChI is InChI=1S/C22H28N4O2S/c1-3-11-28-17-9-7-15(8-10-17)24-22(27)20-21-25-18(19-6-5-12-29-19)13-16(4-2)26(21)14-23-20/h5-6,12-15,17H,3-4,7-11H2,1-2H3,(H,24,27). The Bertz CT molecular complexity index is 959. The van der Waals surface area contributed by atoms with Crippen molar-refractivity contribution in [3.63, 3.8) is 0 Å². The van der Waals surface area contributed by atoms with Crippen LogP contribution in [0.4, 0.5) is 0 Å². The Morgan fingerprint density at radius 1 is 1.31 bits per heavy atom. The normalized spacial score (nSPS) is 19.5. The monoisotopic (exact) mass is 412 g/mol. The molecule has 0 aromatic carbocycles. The molecule has 1 N–H and O–H groups in total. The molecule has 3 heterocycles. The number of rotatable bonds is 7. The summed E-state index contributed by atoms with van der Waals surface area (Å²) in [5.74, 6) is -0.136. The van der Waals surface area contributed by atoms with Crippen LogP contribution in [0.2, 0.25) is 0 Å². The summed E-state index contributed by atoms with van der Waals surface area (Å²) >= 11 is 1.65. The average Bonchev–Trinajstić information content (AvgIpc) is 3.42. The third kappa shape index (κ3) is 4.36. The van der Waals surface area contributed by atoms with Crippen LogP contribution >= 0.6 is 11.3 Å². The van der Waals surface area contributed by atoms with E-state index in [1.54, 1.807) is 17.7 Å². The summed E-state index contributed by atoms with van der Waals surface area (Å²) in [6.45, 7) is 5.05. The zero-order valence-electron chi connectivity index (χ0n) is 17.1. The summed E-state index contributed by atoms with van der Waals surface area (Å²) in [7, 11) is 0. The Morgan fingerprint density at radius 3 is 2.83 bits per heavy atom. The summed E-state index contributed by atoms with van der Waals surface area (Å²) in [4.78, 5) is 23.3. The molecule has 7 heteroatoms. The minimum absolute atomic E-state index is 0.136. The topological polar surface area (TPSA) is 68.5 Å². The van der Waals surface area contributed by atoms with Gasteiger partial charge in [-0.2, -0.15) is 0 Å². The van der Waals surface area contributed by atoms with Crippen LogP contribution in [-0.2, 0) is 11.2 Å². The molecule has 0 bridgehead atoms. The number of carbonyl (C=O) groups excluding carboxylic acids is 1. The molecular weight excluding hydrogens is 384 g/mol. The van der Waals surface area contributed by atoms with Crippen molar-refractivity contribution in [3.8, 4) is 10.6 Å². The second kappa shape index (κ2) is 9.05. The first-order valence-electron chi connectivity index (χ1n) is 10.5. The number of carbonyl (C=O) groups is 1. The number of hydrogen-bond donors (Lipinski definition) is 1. The van der Waals surface area contributed by atoms with E-state index in [1.807, 2.05) is 15.8 Å². The van der Waals surface area contributed by atoms with Crippen molar-refractivity contribution in [3.05, 3.63) is 41.3 Å². The van der Waals surface area contributed by atoms with Gasteiger partial charge in [-0.3, -0.25) is 9.20 Å². The molecule has 0 saturated heterocycles. The smallest absolute Gasteiger partial charge is 0.274 e. The molecule has 1 saturated carbocycles. The second-order valence-electron chi connectivity index (χ2n) is 7.57. The number of nitrogens with one attached hydrogen (secondary N) is 1. The van der Waals surface area contributed by atoms with Gasteiger partial charge in [0.15, 0.2) is 11.3 Å². The number of nitrogens with zero attached hydrogens (tertiary/aromatic N) is 3. The SMILES string of the molecule is CCCOC1CCC(NC(=O)c2ncn3c(CC)cc(-c4cccs4)nc23)CC1. The predicted molar refractivity (Wildman–Crippen MR) is 115 cm³/mol. The van der Waals surface area contributed by atoms with Crippen molar-refractivity contribution < 1.29 is 9.53 Å². The van der Waals surface area contributed by atoms with Gasteiger partial charge in [-0.1, -0.05) is 19.9 Å². The zero-order valence-corrected chi connectivity index (χ0v) is 17.9. The molecule has 1 aliphatic rings. The van der Waals surface area contributed by atoms with Crippen LogP contribution in [0.25, 0.3) is 16.2 Å². The summed E-state index contributed by atoms with van der Waals surface area (Å²) in [5.41, 5.74) is 3.03. The summed E-state index contributed by atoms with van der Waals surface area (Å²) in [5, 5.41) is 5.21. The molecule has 4 rings (SSSR count). The molecule has 3 aromatic heterocycles. The molecule has 0 radical (unpaired) electrons. The van der Waals surface area contributed by atoms with Gasteiger partial charge in [0.2, 0.25) is 0 Å². The van der Waals surface area contributed by atoms with E-state index in [2.05, 4.69) is 36.3 Å². The minimum Gasteiger partial charge on any atom is -0.378 e. The Morgan fingerprint density at radius 2 is 2.14 bits per heavy atom. The Kier molecular flexibility index (Phi) is 6.25. The van der Waals surface area contributed by atoms with Crippen LogP contribution in [-0.4, -0.2) is 39.0 Å². The summed E-state index contributed by atoms with van der Waals surface area (Å²) < 4.78 is 7.78. The lowest BCUT2D eigenvalue weighted by molar-refractivity contribution is 0.0227. The van der Waals surface area contributed by atoms with E-state index in [9.17, 15) is 4.79 Å². The molecule has 0 atom stereocenters. The van der Waals surface area contributed by atoms with Crippen molar-refractivity contribution in [1.29, 1.82) is 0 Å². The maximum atomic E-state index is 13.0. The van der Waals surface area contributed by atoms with E-state index < -0.39 is 0 Å². The fourth-order valence-electron chi connectivity index (χ4n) is 3.93. The van der Waals surface area contributed by atoms with Gasteiger partial charge in [0.1, 0.15) is 6.33 Å². The lowest BCUT2D eigenvalue weighted by Crippen LogP contribution is -2.39. The van der Waals surface area contributed by atoms with Gasteiger partial charge in [-0.25, -0.2) is 9.97 Å². The largest absolute Gasteiger partial charge is 0.378 e. The van der Waals surface area contributed by atoms with E-state index in [0.717, 1.165) is 61.4 Å². The molecule has 1 fully saturated rings. The lowest BCUT2D eigenvalue weighted by atomic mass is 9.93. The van der Waals surface area contributed by atoms with E-state index in [0.29, 0.717) is 17.4 Å². The van der Waals surface area contributed by atoms with Gasteiger partial charge in [-0.15, -0.1) is 11.3 Å². The summed E-state index contributed by atoms with van der Waals surface area (Å²) in [6, 6.07) is 6.33. The van der Waals surface area contributed by atoms with Crippen LogP contribution in [0.3, 0.4) is 0 Å². The third-order valence-electron chi connectivity index (χ3n) is 5.50. The molecule has 1 amide bonds. The van der Waals surface area contributed by atoms with Gasteiger partial charge in [0.05, 0.1) is 16.7 Å². The Balaban J connectivity index is 1.52. The highest BCUT2D eigenvalue weighted by Gasteiger charge is 2.25. The molecule has 0 aliphatic heterocycles. The molecule has 0 spiro atoms. The Labute approximate surface area is 175 Å². The van der Waals surface area contributed by atoms with Crippen molar-refractivity contribution >= 4 is 22.9 Å². The molecular formula is C22H28N4O2S. The average molecular weight is 413 g/mol. The van der Waals surface area contributed by atoms with E-state index in [4.69, 9.17) is 9.72 Å². The number of thiophene rings is 1. The second-order valence-corrected chi connectivity index (χ2v) is 8.52. The number of fused-ring (bicyclic) bond motifs is 1. The first kappa shape index (κ1) is 20.0. The maximum absolute atomic E-state index is 13.0. The van der Waals surface area contributed by atoms with Gasteiger partial charge in [0.25, 0.3) is 5.91 Å². The highest BCUT2D eigenvalue weighted by molar-refractivity contribution is 7.13. The minimum atomic E-state index is -0.136. The highest BCUT2D eigenvalue weighted by Crippen LogP contribution is 2.26. The quantitative estimate of drug-likeness (QED) is 0.621. The first-order valence-corrected chi connectivity index (χ1v) is 11.4. The van der Waals surface area contributed by atoms with Crippen LogP contribution in [0.15, 0.2) is 29.9 Å². The van der Waals surface area contributed by atoms with Gasteiger partial charge >= 0.3 is 0 Å². The van der Waals surface area contributed by atoms with Gasteiger partial charge in [-0.05, 0) is 56.0 Å². The van der Waals surface area contributed by atoms with Crippen LogP contribution in [0.5, 0.6) is 0 Å². The molecule has 154 valence electrons. The number of ether oxygens (including phenoxy) is 1. The number of imidazole rings is 1. The number of hydrogen-bond acceptors (Lipinski definition) is 5. The van der Waals surface area contributed by atoms with Crippen molar-refractivity contribution in [2.45, 2.75) is 64.5 Å². The maximum Gasteiger partial charge on any atom is 0.274 e. The molecule has 29 heavy (non-hydrogen) atoms. The van der Waals surface area contributed by atoms with E-state index >= 15 is 0 Å². The van der Waals surface area contributed by atoms with Crippen LogP contribution in [0, 0.1) is 0 Å². The molecule has 6 nitrogen and oxygen atoms in total. The predicted octanol–water partition coefficient (Wildman–Crippen LogP) is 4.49. The van der Waals surface area contributed by atoms with Gasteiger partial charge < -0.3 is 10.1 Å². The lowest BCUT2D eigenvalue weighted by Gasteiger charge is -2.28. The van der Waals surface area contributed by atoms with E-state index in [1.165, 1.54) is 0 Å². The Hall–Kier alpha value is -2.25. The van der Waals surface area contributed by atoms with Crippen LogP contribution in [0.1, 0.15) is 62.1 Å². The molecule has 3 aromatic rings. The fraction of sp³-hybridized carbons (Fsp3) is 0.500. The zero-order chi connectivity index (χ0) is 20.2. The van der Waals surface area contributed by atoms with Crippen molar-refractivity contribution in [1.82, 2.24) is 19.7 Å². The molecule has 0 unspecified atom stereocenters. The van der Waals surface area contributed by atoms with Gasteiger partial charge in [0, 0.05) is 18.3 Å². The third-order valence-corrected chi connectivity index (χ3v) is 6.39. The fourth-order valence-corrected chi connectivity index (χ4v) is 4.61. The summed E-state index contributed by atoms with van der Waals surface area (Å²) in [6.07, 6.45) is 7.81. The first-order chi connectivity index (χ1) is 14.2. The van der Waals surface area contributed by atoms with Crippen LogP contribution < -0.4 is 5.32 Å². The highest BCUT2D eigenvalue weighted by atomic mass is 32.1. The van der Waals surface area contributed by atoms with E-state index in [-0.39, 0.29) is 11.9 Å². The number of aryl methyl sites for hydroxylation is 1. The van der Waals surface area contributed by atoms with Crippen molar-refractivity contribution in [2.75, 3.05) is 6.61 Å². The number of amides is 1. The number of aromatic nitrogens is 3. The van der Waals surface area contributed by atoms with Crippen molar-refractivity contribution in [2.24, 2.45) is 0 Å².